The highest BCUT2D eigenvalue weighted by Gasteiger charge is 2.30. The molecule has 22 heavy (non-hydrogen) atoms. The molecule has 114 valence electrons. The van der Waals surface area contributed by atoms with Crippen molar-refractivity contribution in [1.29, 1.82) is 5.41 Å². The number of hydrogen-bond donors (Lipinski definition) is 2. The van der Waals surface area contributed by atoms with Crippen molar-refractivity contribution in [2.75, 3.05) is 13.1 Å². The standard InChI is InChI=1S/C17H19N3OS/c1-11(2)8-20-9-14(21)15(16(20)18)17-19-13(10-22-17)12-6-4-3-5-7-12/h3-7,10-11,18,21H,8-9H2,1-2H3. The molecule has 2 N–H and O–H groups in total. The Hall–Kier alpha value is -2.14. The number of nitrogens with zero attached hydrogens (tertiary/aromatic N) is 2. The first kappa shape index (κ1) is 14.8. The van der Waals surface area contributed by atoms with Crippen LogP contribution in [0.5, 0.6) is 0 Å². The molecule has 0 atom stereocenters. The molecule has 0 amide bonds. The molecule has 0 radical (unpaired) electrons. The van der Waals surface area contributed by atoms with Gasteiger partial charge >= 0.3 is 0 Å². The highest BCUT2D eigenvalue weighted by Crippen LogP contribution is 2.32. The molecule has 0 spiro atoms. The molecule has 0 fully saturated rings. The van der Waals surface area contributed by atoms with Crippen LogP contribution in [0.25, 0.3) is 16.8 Å². The molecule has 1 aromatic carbocycles. The summed E-state index contributed by atoms with van der Waals surface area (Å²) in [5, 5.41) is 21.2. The average molecular weight is 313 g/mol. The van der Waals surface area contributed by atoms with Crippen LogP contribution < -0.4 is 0 Å². The predicted octanol–water partition coefficient (Wildman–Crippen LogP) is 4.03. The second kappa shape index (κ2) is 5.93. The maximum atomic E-state index is 10.2. The monoisotopic (exact) mass is 313 g/mol. The van der Waals surface area contributed by atoms with Gasteiger partial charge in [0.25, 0.3) is 0 Å². The summed E-state index contributed by atoms with van der Waals surface area (Å²) in [5.41, 5.74) is 2.51. The molecule has 1 aliphatic heterocycles. The molecule has 0 saturated carbocycles. The Kier molecular flexibility index (Phi) is 3.98. The molecule has 0 saturated heterocycles. The lowest BCUT2D eigenvalue weighted by atomic mass is 10.2. The van der Waals surface area contributed by atoms with Gasteiger partial charge in [0.05, 0.1) is 17.8 Å². The Morgan fingerprint density at radius 2 is 2.05 bits per heavy atom. The molecule has 4 nitrogen and oxygen atoms in total. The molecule has 1 aromatic heterocycles. The summed E-state index contributed by atoms with van der Waals surface area (Å²) >= 11 is 1.47. The van der Waals surface area contributed by atoms with Crippen LogP contribution >= 0.6 is 11.3 Å². The number of aliphatic hydroxyl groups excluding tert-OH is 1. The number of amidine groups is 1. The Morgan fingerprint density at radius 3 is 2.73 bits per heavy atom. The minimum atomic E-state index is 0.250. The largest absolute Gasteiger partial charge is 0.510 e. The number of rotatable bonds is 4. The van der Waals surface area contributed by atoms with Crippen molar-refractivity contribution >= 4 is 22.7 Å². The van der Waals surface area contributed by atoms with Crippen LogP contribution in [0.2, 0.25) is 0 Å². The lowest BCUT2D eigenvalue weighted by Crippen LogP contribution is -2.30. The SMILES string of the molecule is CC(C)CN1CC(O)=C(c2nc(-c3ccccc3)cs2)C1=N. The molecule has 0 bridgehead atoms. The first-order valence-electron chi connectivity index (χ1n) is 7.33. The Morgan fingerprint density at radius 1 is 1.32 bits per heavy atom. The highest BCUT2D eigenvalue weighted by atomic mass is 32.1. The van der Waals surface area contributed by atoms with E-state index >= 15 is 0 Å². The summed E-state index contributed by atoms with van der Waals surface area (Å²) in [6, 6.07) is 9.96. The van der Waals surface area contributed by atoms with Gasteiger partial charge in [-0.2, -0.15) is 0 Å². The van der Waals surface area contributed by atoms with Gasteiger partial charge in [-0.15, -0.1) is 11.3 Å². The van der Waals surface area contributed by atoms with Gasteiger partial charge in [0, 0.05) is 17.5 Å². The number of thiazole rings is 1. The number of aromatic nitrogens is 1. The third-order valence-electron chi connectivity index (χ3n) is 3.56. The summed E-state index contributed by atoms with van der Waals surface area (Å²) in [6.07, 6.45) is 0. The lowest BCUT2D eigenvalue weighted by Gasteiger charge is -2.20. The van der Waals surface area contributed by atoms with Gasteiger partial charge in [-0.05, 0) is 5.92 Å². The van der Waals surface area contributed by atoms with E-state index in [1.165, 1.54) is 11.3 Å². The van der Waals surface area contributed by atoms with E-state index in [9.17, 15) is 5.11 Å². The summed E-state index contributed by atoms with van der Waals surface area (Å²) in [5.74, 6) is 1.07. The second-order valence-corrected chi connectivity index (χ2v) is 6.71. The van der Waals surface area contributed by atoms with E-state index in [-0.39, 0.29) is 5.76 Å². The van der Waals surface area contributed by atoms with Crippen LogP contribution in [0.15, 0.2) is 41.5 Å². The van der Waals surface area contributed by atoms with Crippen molar-refractivity contribution in [2.24, 2.45) is 5.92 Å². The first-order chi connectivity index (χ1) is 10.6. The Labute approximate surface area is 134 Å². The molecule has 0 unspecified atom stereocenters. The zero-order valence-corrected chi connectivity index (χ0v) is 13.5. The highest BCUT2D eigenvalue weighted by molar-refractivity contribution is 7.11. The topological polar surface area (TPSA) is 60.2 Å². The average Bonchev–Trinajstić information content (AvgIpc) is 3.05. The molecule has 3 rings (SSSR count). The third kappa shape index (κ3) is 2.76. The van der Waals surface area contributed by atoms with Crippen molar-refractivity contribution in [3.63, 3.8) is 0 Å². The molecular formula is C17H19N3OS. The minimum Gasteiger partial charge on any atom is -0.510 e. The van der Waals surface area contributed by atoms with E-state index < -0.39 is 0 Å². The Bertz CT molecular complexity index is 719. The fourth-order valence-corrected chi connectivity index (χ4v) is 3.48. The molecule has 1 aliphatic rings. The predicted molar refractivity (Wildman–Crippen MR) is 91.2 cm³/mol. The van der Waals surface area contributed by atoms with Gasteiger partial charge in [-0.1, -0.05) is 44.2 Å². The third-order valence-corrected chi connectivity index (χ3v) is 4.42. The van der Waals surface area contributed by atoms with Gasteiger partial charge in [0.2, 0.25) is 0 Å². The number of hydrogen-bond acceptors (Lipinski definition) is 4. The summed E-state index contributed by atoms with van der Waals surface area (Å²) in [6.45, 7) is 5.40. The van der Waals surface area contributed by atoms with Crippen molar-refractivity contribution in [3.8, 4) is 11.3 Å². The van der Waals surface area contributed by atoms with E-state index in [0.29, 0.717) is 28.9 Å². The number of aliphatic hydroxyl groups is 1. The van der Waals surface area contributed by atoms with Crippen molar-refractivity contribution in [2.45, 2.75) is 13.8 Å². The maximum absolute atomic E-state index is 10.2. The van der Waals surface area contributed by atoms with Crippen LogP contribution in [0.4, 0.5) is 0 Å². The minimum absolute atomic E-state index is 0.250. The number of nitrogens with one attached hydrogen (secondary N) is 1. The van der Waals surface area contributed by atoms with Crippen LogP contribution in [-0.2, 0) is 0 Å². The van der Waals surface area contributed by atoms with E-state index in [1.807, 2.05) is 40.6 Å². The maximum Gasteiger partial charge on any atom is 0.135 e. The zero-order valence-electron chi connectivity index (χ0n) is 12.7. The van der Waals surface area contributed by atoms with Gasteiger partial charge < -0.3 is 10.0 Å². The number of benzene rings is 1. The van der Waals surface area contributed by atoms with Gasteiger partial charge in [0.1, 0.15) is 16.6 Å². The lowest BCUT2D eigenvalue weighted by molar-refractivity contribution is 0.329. The normalized spacial score (nSPS) is 15.2. The van der Waals surface area contributed by atoms with E-state index in [2.05, 4.69) is 18.8 Å². The van der Waals surface area contributed by atoms with Gasteiger partial charge in [0.15, 0.2) is 0 Å². The van der Waals surface area contributed by atoms with E-state index in [4.69, 9.17) is 5.41 Å². The summed E-state index contributed by atoms with van der Waals surface area (Å²) in [7, 11) is 0. The quantitative estimate of drug-likeness (QED) is 0.896. The van der Waals surface area contributed by atoms with Crippen LogP contribution in [0, 0.1) is 11.3 Å². The summed E-state index contributed by atoms with van der Waals surface area (Å²) < 4.78 is 0. The Balaban J connectivity index is 1.87. The van der Waals surface area contributed by atoms with E-state index in [1.54, 1.807) is 0 Å². The van der Waals surface area contributed by atoms with Gasteiger partial charge in [-0.3, -0.25) is 5.41 Å². The summed E-state index contributed by atoms with van der Waals surface area (Å²) in [4.78, 5) is 6.51. The van der Waals surface area contributed by atoms with E-state index in [0.717, 1.165) is 17.8 Å². The van der Waals surface area contributed by atoms with Gasteiger partial charge in [-0.25, -0.2) is 4.98 Å². The fourth-order valence-electron chi connectivity index (χ4n) is 2.59. The smallest absolute Gasteiger partial charge is 0.135 e. The zero-order chi connectivity index (χ0) is 15.7. The van der Waals surface area contributed by atoms with Crippen molar-refractivity contribution in [1.82, 2.24) is 9.88 Å². The van der Waals surface area contributed by atoms with Crippen LogP contribution in [0.3, 0.4) is 0 Å². The second-order valence-electron chi connectivity index (χ2n) is 5.85. The van der Waals surface area contributed by atoms with Crippen LogP contribution in [0.1, 0.15) is 18.9 Å². The molecule has 0 aliphatic carbocycles. The molecule has 2 heterocycles. The van der Waals surface area contributed by atoms with Crippen LogP contribution in [-0.4, -0.2) is 33.9 Å². The molecule has 2 aromatic rings. The molecular weight excluding hydrogens is 294 g/mol. The van der Waals surface area contributed by atoms with Crippen molar-refractivity contribution < 1.29 is 5.11 Å². The molecule has 5 heteroatoms. The fraction of sp³-hybridized carbons (Fsp3) is 0.294. The van der Waals surface area contributed by atoms with Crippen molar-refractivity contribution in [3.05, 3.63) is 46.5 Å². The first-order valence-corrected chi connectivity index (χ1v) is 8.21.